The second kappa shape index (κ2) is 7.14. The summed E-state index contributed by atoms with van der Waals surface area (Å²) >= 11 is 5.93. The number of aromatic amines is 3. The third-order valence-electron chi connectivity index (χ3n) is 4.63. The Morgan fingerprint density at radius 2 is 1.72 bits per heavy atom. The summed E-state index contributed by atoms with van der Waals surface area (Å²) in [5.41, 5.74) is 4.13. The van der Waals surface area contributed by atoms with Crippen LogP contribution in [-0.2, 0) is 0 Å². The lowest BCUT2D eigenvalue weighted by Crippen LogP contribution is -2.17. The second-order valence-corrected chi connectivity index (χ2v) is 7.32. The Bertz CT molecular complexity index is 1340. The monoisotopic (exact) mass is 410 g/mol. The number of imidazole rings is 1. The molecule has 0 bridgehead atoms. The molecular formula is C20H19ClN6O2. The molecule has 3 N–H and O–H groups in total. The number of halogens is 1. The van der Waals surface area contributed by atoms with E-state index in [-0.39, 0.29) is 11.2 Å². The van der Waals surface area contributed by atoms with Gasteiger partial charge in [0.1, 0.15) is 0 Å². The minimum Gasteiger partial charge on any atom is -0.376 e. The van der Waals surface area contributed by atoms with Gasteiger partial charge >= 0.3 is 5.69 Å². The molecule has 0 aliphatic carbocycles. The van der Waals surface area contributed by atoms with Gasteiger partial charge in [0.15, 0.2) is 0 Å². The van der Waals surface area contributed by atoms with Crippen LogP contribution in [-0.4, -0.2) is 40.1 Å². The first kappa shape index (κ1) is 18.8. The predicted molar refractivity (Wildman–Crippen MR) is 117 cm³/mol. The molecule has 0 unspecified atom stereocenters. The number of anilines is 1. The fourth-order valence-corrected chi connectivity index (χ4v) is 3.26. The molecule has 0 atom stereocenters. The maximum absolute atomic E-state index is 12.9. The van der Waals surface area contributed by atoms with E-state index in [4.69, 9.17) is 11.6 Å². The molecule has 2 aromatic heterocycles. The molecule has 0 saturated heterocycles. The molecule has 0 fully saturated rings. The zero-order valence-corrected chi connectivity index (χ0v) is 16.8. The maximum atomic E-state index is 12.9. The van der Waals surface area contributed by atoms with Gasteiger partial charge in [0.05, 0.1) is 33.7 Å². The standard InChI is InChI=1S/C20H19ClN6O2/c1-11-14(19(28)27(25-11)13-6-4-12(21)5-7-13)10-22-17-8-15-16(24-20(29)23-15)9-18(17)26(2)3/h4-10,25H,1-3H3,(H2,23,24,29). The summed E-state index contributed by atoms with van der Waals surface area (Å²) < 4.78 is 1.45. The van der Waals surface area contributed by atoms with Gasteiger partial charge in [0.2, 0.25) is 0 Å². The van der Waals surface area contributed by atoms with Gasteiger partial charge in [-0.05, 0) is 43.3 Å². The quantitative estimate of drug-likeness (QED) is 0.450. The van der Waals surface area contributed by atoms with Crippen molar-refractivity contribution in [3.8, 4) is 5.69 Å². The Morgan fingerprint density at radius 3 is 2.38 bits per heavy atom. The highest BCUT2D eigenvalue weighted by molar-refractivity contribution is 6.30. The first-order chi connectivity index (χ1) is 13.8. The molecule has 9 heteroatoms. The fourth-order valence-electron chi connectivity index (χ4n) is 3.14. The third-order valence-corrected chi connectivity index (χ3v) is 4.88. The number of hydrogen-bond acceptors (Lipinski definition) is 4. The highest BCUT2D eigenvalue weighted by atomic mass is 35.5. The molecule has 0 aliphatic rings. The van der Waals surface area contributed by atoms with Gasteiger partial charge in [-0.25, -0.2) is 9.48 Å². The van der Waals surface area contributed by atoms with Gasteiger partial charge in [-0.15, -0.1) is 0 Å². The van der Waals surface area contributed by atoms with Gasteiger partial charge in [-0.3, -0.25) is 14.9 Å². The van der Waals surface area contributed by atoms with E-state index < -0.39 is 0 Å². The average molecular weight is 411 g/mol. The zero-order valence-electron chi connectivity index (χ0n) is 16.1. The van der Waals surface area contributed by atoms with Crippen molar-refractivity contribution in [3.05, 3.63) is 73.5 Å². The van der Waals surface area contributed by atoms with Crippen molar-refractivity contribution in [2.75, 3.05) is 19.0 Å². The molecule has 29 heavy (non-hydrogen) atoms. The van der Waals surface area contributed by atoms with Crippen molar-refractivity contribution >= 4 is 40.2 Å². The van der Waals surface area contributed by atoms with Crippen LogP contribution in [0.4, 0.5) is 11.4 Å². The minimum absolute atomic E-state index is 0.212. The summed E-state index contributed by atoms with van der Waals surface area (Å²) in [6.07, 6.45) is 1.54. The van der Waals surface area contributed by atoms with Crippen LogP contribution in [0.15, 0.2) is 51.0 Å². The summed E-state index contributed by atoms with van der Waals surface area (Å²) in [6, 6.07) is 10.6. The number of aliphatic imine (C=N–C) groups is 1. The lowest BCUT2D eigenvalue weighted by Gasteiger charge is -2.15. The predicted octanol–water partition coefficient (Wildman–Crippen LogP) is 3.11. The number of aryl methyl sites for hydroxylation is 1. The van der Waals surface area contributed by atoms with Crippen LogP contribution in [0.1, 0.15) is 11.3 Å². The van der Waals surface area contributed by atoms with Crippen LogP contribution < -0.4 is 16.1 Å². The Morgan fingerprint density at radius 1 is 1.07 bits per heavy atom. The number of aromatic nitrogens is 4. The minimum atomic E-state index is -0.279. The summed E-state index contributed by atoms with van der Waals surface area (Å²) in [5, 5.41) is 3.66. The van der Waals surface area contributed by atoms with Crippen LogP contribution in [0, 0.1) is 6.92 Å². The van der Waals surface area contributed by atoms with Crippen LogP contribution in [0.3, 0.4) is 0 Å². The Balaban J connectivity index is 1.78. The smallest absolute Gasteiger partial charge is 0.323 e. The molecular weight excluding hydrogens is 392 g/mol. The highest BCUT2D eigenvalue weighted by Gasteiger charge is 2.12. The van der Waals surface area contributed by atoms with Gasteiger partial charge in [-0.2, -0.15) is 0 Å². The van der Waals surface area contributed by atoms with E-state index >= 15 is 0 Å². The second-order valence-electron chi connectivity index (χ2n) is 6.89. The molecule has 0 aliphatic heterocycles. The van der Waals surface area contributed by atoms with E-state index in [9.17, 15) is 9.59 Å². The molecule has 4 aromatic rings. The van der Waals surface area contributed by atoms with E-state index in [1.165, 1.54) is 4.68 Å². The third kappa shape index (κ3) is 3.50. The molecule has 148 valence electrons. The topological polar surface area (TPSA) is 102 Å². The van der Waals surface area contributed by atoms with E-state index in [0.717, 1.165) is 5.69 Å². The number of rotatable bonds is 4. The molecule has 4 rings (SSSR count). The fraction of sp³-hybridized carbons (Fsp3) is 0.150. The first-order valence-electron chi connectivity index (χ1n) is 8.88. The molecule has 2 aromatic carbocycles. The number of H-pyrrole nitrogens is 3. The molecule has 0 saturated carbocycles. The lowest BCUT2D eigenvalue weighted by atomic mass is 10.2. The van der Waals surface area contributed by atoms with Crippen molar-refractivity contribution in [2.45, 2.75) is 6.92 Å². The van der Waals surface area contributed by atoms with Gasteiger partial charge < -0.3 is 14.9 Å². The lowest BCUT2D eigenvalue weighted by molar-refractivity contribution is 0.835. The van der Waals surface area contributed by atoms with Gasteiger partial charge in [0.25, 0.3) is 5.56 Å². The average Bonchev–Trinajstić information content (AvgIpc) is 3.17. The Labute approximate surface area is 170 Å². The molecule has 8 nitrogen and oxygen atoms in total. The summed E-state index contributed by atoms with van der Waals surface area (Å²) in [4.78, 5) is 36.4. The normalized spacial score (nSPS) is 11.6. The molecule has 0 radical (unpaired) electrons. The van der Waals surface area contributed by atoms with Gasteiger partial charge in [-0.1, -0.05) is 11.6 Å². The largest absolute Gasteiger partial charge is 0.376 e. The Kier molecular flexibility index (Phi) is 4.63. The van der Waals surface area contributed by atoms with Crippen molar-refractivity contribution in [1.82, 2.24) is 19.7 Å². The summed E-state index contributed by atoms with van der Waals surface area (Å²) in [6.45, 7) is 1.81. The van der Waals surface area contributed by atoms with Crippen molar-refractivity contribution in [1.29, 1.82) is 0 Å². The van der Waals surface area contributed by atoms with E-state index in [2.05, 4.69) is 20.1 Å². The van der Waals surface area contributed by atoms with Crippen molar-refractivity contribution in [2.24, 2.45) is 4.99 Å². The zero-order chi connectivity index (χ0) is 20.7. The van der Waals surface area contributed by atoms with Crippen LogP contribution in [0.25, 0.3) is 16.7 Å². The number of nitrogens with one attached hydrogen (secondary N) is 3. The Hall–Kier alpha value is -3.52. The van der Waals surface area contributed by atoms with Crippen LogP contribution >= 0.6 is 11.6 Å². The molecule has 2 heterocycles. The number of hydrogen-bond donors (Lipinski definition) is 3. The van der Waals surface area contributed by atoms with Gasteiger partial charge in [0, 0.05) is 31.0 Å². The highest BCUT2D eigenvalue weighted by Crippen LogP contribution is 2.30. The van der Waals surface area contributed by atoms with E-state index in [1.54, 1.807) is 36.5 Å². The maximum Gasteiger partial charge on any atom is 0.323 e. The number of fused-ring (bicyclic) bond motifs is 1. The number of benzene rings is 2. The van der Waals surface area contributed by atoms with E-state index in [0.29, 0.717) is 38.7 Å². The first-order valence-corrected chi connectivity index (χ1v) is 9.26. The molecule has 0 spiro atoms. The van der Waals surface area contributed by atoms with E-state index in [1.807, 2.05) is 32.0 Å². The van der Waals surface area contributed by atoms with Crippen LogP contribution in [0.2, 0.25) is 5.02 Å². The van der Waals surface area contributed by atoms with Crippen molar-refractivity contribution < 1.29 is 0 Å². The van der Waals surface area contributed by atoms with Crippen LogP contribution in [0.5, 0.6) is 0 Å². The summed E-state index contributed by atoms with van der Waals surface area (Å²) in [5.74, 6) is 0. The molecule has 0 amide bonds. The number of nitrogens with zero attached hydrogens (tertiary/aromatic N) is 3. The summed E-state index contributed by atoms with van der Waals surface area (Å²) in [7, 11) is 3.78. The SMILES string of the molecule is Cc1[nH]n(-c2ccc(Cl)cc2)c(=O)c1C=Nc1cc2[nH]c(=O)[nH]c2cc1N(C)C. The van der Waals surface area contributed by atoms with Crippen molar-refractivity contribution in [3.63, 3.8) is 0 Å².